The maximum atomic E-state index is 9.67. The van der Waals surface area contributed by atoms with Crippen LogP contribution in [0.2, 0.25) is 0 Å². The van der Waals surface area contributed by atoms with Gasteiger partial charge in [0, 0.05) is 10.9 Å². The number of aliphatic hydroxyl groups excluding tert-OH is 2. The summed E-state index contributed by atoms with van der Waals surface area (Å²) in [6, 6.07) is 8.65. The Labute approximate surface area is 90.7 Å². The van der Waals surface area contributed by atoms with Gasteiger partial charge in [0.25, 0.3) is 0 Å². The van der Waals surface area contributed by atoms with Crippen molar-refractivity contribution < 1.29 is 10.2 Å². The molecule has 1 aromatic rings. The number of halogens is 1. The summed E-state index contributed by atoms with van der Waals surface area (Å²) >= 11 is 3.07. The lowest BCUT2D eigenvalue weighted by atomic mass is 10.0. The standard InChI is InChI=1S/C10H10BrNO2/c11-5-9(13)10(14)8-4-2-1-3-7(8)6-12/h1-4,9-10,13-14H,5H2. The van der Waals surface area contributed by atoms with Crippen molar-refractivity contribution in [3.05, 3.63) is 35.4 Å². The first-order chi connectivity index (χ1) is 6.70. The lowest BCUT2D eigenvalue weighted by molar-refractivity contribution is 0.0341. The Kier molecular flexibility index (Phi) is 4.08. The molecule has 0 aliphatic heterocycles. The minimum atomic E-state index is -1.02. The highest BCUT2D eigenvalue weighted by atomic mass is 79.9. The summed E-state index contributed by atoms with van der Waals surface area (Å²) in [5, 5.41) is 28.1. The maximum Gasteiger partial charge on any atom is 0.107 e. The van der Waals surface area contributed by atoms with Gasteiger partial charge in [-0.3, -0.25) is 0 Å². The Morgan fingerprint density at radius 1 is 1.36 bits per heavy atom. The monoisotopic (exact) mass is 255 g/mol. The van der Waals surface area contributed by atoms with Gasteiger partial charge < -0.3 is 10.2 Å². The lowest BCUT2D eigenvalue weighted by Gasteiger charge is -2.16. The van der Waals surface area contributed by atoms with Crippen LogP contribution in [0.25, 0.3) is 0 Å². The molecular weight excluding hydrogens is 246 g/mol. The average molecular weight is 256 g/mol. The van der Waals surface area contributed by atoms with Crippen LogP contribution in [0, 0.1) is 11.3 Å². The van der Waals surface area contributed by atoms with Crippen LogP contribution in [0.15, 0.2) is 24.3 Å². The van der Waals surface area contributed by atoms with Gasteiger partial charge in [0.15, 0.2) is 0 Å². The minimum absolute atomic E-state index is 0.272. The summed E-state index contributed by atoms with van der Waals surface area (Å²) in [5.74, 6) is 0. The fraction of sp³-hybridized carbons (Fsp3) is 0.300. The van der Waals surface area contributed by atoms with Gasteiger partial charge in [-0.15, -0.1) is 0 Å². The van der Waals surface area contributed by atoms with Crippen molar-refractivity contribution in [2.24, 2.45) is 0 Å². The second-order valence-corrected chi connectivity index (χ2v) is 3.51. The molecule has 3 nitrogen and oxygen atoms in total. The van der Waals surface area contributed by atoms with Crippen LogP contribution in [0.1, 0.15) is 17.2 Å². The van der Waals surface area contributed by atoms with E-state index in [0.717, 1.165) is 0 Å². The SMILES string of the molecule is N#Cc1ccccc1C(O)C(O)CBr. The van der Waals surface area contributed by atoms with Gasteiger partial charge >= 0.3 is 0 Å². The van der Waals surface area contributed by atoms with Crippen LogP contribution in [0.5, 0.6) is 0 Å². The van der Waals surface area contributed by atoms with Crippen molar-refractivity contribution in [2.45, 2.75) is 12.2 Å². The number of nitriles is 1. The van der Waals surface area contributed by atoms with E-state index in [1.165, 1.54) is 0 Å². The molecule has 0 saturated carbocycles. The highest BCUT2D eigenvalue weighted by molar-refractivity contribution is 9.09. The molecule has 0 bridgehead atoms. The summed E-state index contributed by atoms with van der Waals surface area (Å²) in [5.41, 5.74) is 0.849. The molecule has 0 radical (unpaired) electrons. The number of alkyl halides is 1. The molecule has 0 aliphatic carbocycles. The van der Waals surface area contributed by atoms with E-state index in [2.05, 4.69) is 15.9 Å². The van der Waals surface area contributed by atoms with E-state index in [9.17, 15) is 10.2 Å². The zero-order valence-electron chi connectivity index (χ0n) is 7.39. The number of benzene rings is 1. The summed E-state index contributed by atoms with van der Waals surface area (Å²) in [4.78, 5) is 0. The molecule has 0 amide bonds. The van der Waals surface area contributed by atoms with Crippen LogP contribution in [0.3, 0.4) is 0 Å². The molecule has 2 atom stereocenters. The zero-order valence-corrected chi connectivity index (χ0v) is 8.98. The van der Waals surface area contributed by atoms with Crippen LogP contribution in [-0.2, 0) is 0 Å². The lowest BCUT2D eigenvalue weighted by Crippen LogP contribution is -2.20. The first kappa shape index (κ1) is 11.2. The molecule has 0 spiro atoms. The van der Waals surface area contributed by atoms with Crippen molar-refractivity contribution in [3.63, 3.8) is 0 Å². The maximum absolute atomic E-state index is 9.67. The molecule has 0 aliphatic rings. The van der Waals surface area contributed by atoms with Crippen molar-refractivity contribution in [1.82, 2.24) is 0 Å². The van der Waals surface area contributed by atoms with Gasteiger partial charge in [-0.25, -0.2) is 0 Å². The number of aliphatic hydroxyl groups is 2. The molecule has 1 aromatic carbocycles. The Morgan fingerprint density at radius 3 is 2.57 bits per heavy atom. The summed E-state index contributed by atoms with van der Waals surface area (Å²) in [6.45, 7) is 0. The molecule has 1 rings (SSSR count). The fourth-order valence-corrected chi connectivity index (χ4v) is 1.50. The topological polar surface area (TPSA) is 64.2 Å². The molecule has 2 unspecified atom stereocenters. The highest BCUT2D eigenvalue weighted by Gasteiger charge is 2.19. The third-order valence-corrected chi connectivity index (χ3v) is 2.59. The molecule has 0 heterocycles. The van der Waals surface area contributed by atoms with Crippen LogP contribution in [-0.4, -0.2) is 21.6 Å². The zero-order chi connectivity index (χ0) is 10.6. The van der Waals surface area contributed by atoms with E-state index in [4.69, 9.17) is 5.26 Å². The molecule has 14 heavy (non-hydrogen) atoms. The van der Waals surface area contributed by atoms with E-state index in [1.54, 1.807) is 24.3 Å². The van der Waals surface area contributed by atoms with E-state index in [-0.39, 0.29) is 5.33 Å². The number of rotatable bonds is 3. The number of hydrogen-bond donors (Lipinski definition) is 2. The van der Waals surface area contributed by atoms with Crippen LogP contribution >= 0.6 is 15.9 Å². The van der Waals surface area contributed by atoms with Crippen LogP contribution in [0.4, 0.5) is 0 Å². The molecule has 0 saturated heterocycles. The van der Waals surface area contributed by atoms with Gasteiger partial charge in [-0.05, 0) is 6.07 Å². The number of hydrogen-bond acceptors (Lipinski definition) is 3. The molecule has 74 valence electrons. The Bertz CT molecular complexity index is 348. The Balaban J connectivity index is 3.01. The van der Waals surface area contributed by atoms with E-state index in [1.807, 2.05) is 6.07 Å². The van der Waals surface area contributed by atoms with Crippen molar-refractivity contribution in [1.29, 1.82) is 5.26 Å². The summed E-state index contributed by atoms with van der Waals surface area (Å²) in [6.07, 6.45) is -1.92. The van der Waals surface area contributed by atoms with Crippen molar-refractivity contribution in [2.75, 3.05) is 5.33 Å². The summed E-state index contributed by atoms with van der Waals surface area (Å²) in [7, 11) is 0. The fourth-order valence-electron chi connectivity index (χ4n) is 1.15. The predicted molar refractivity (Wildman–Crippen MR) is 55.9 cm³/mol. The Hall–Kier alpha value is -0.890. The molecular formula is C10H10BrNO2. The third-order valence-electron chi connectivity index (χ3n) is 1.92. The smallest absolute Gasteiger partial charge is 0.107 e. The van der Waals surface area contributed by atoms with E-state index < -0.39 is 12.2 Å². The van der Waals surface area contributed by atoms with Crippen molar-refractivity contribution in [3.8, 4) is 6.07 Å². The summed E-state index contributed by atoms with van der Waals surface area (Å²) < 4.78 is 0. The van der Waals surface area contributed by atoms with Gasteiger partial charge in [0.05, 0.1) is 17.7 Å². The quantitative estimate of drug-likeness (QED) is 0.802. The first-order valence-electron chi connectivity index (χ1n) is 4.11. The second-order valence-electron chi connectivity index (χ2n) is 2.87. The molecule has 0 aromatic heterocycles. The van der Waals surface area contributed by atoms with E-state index in [0.29, 0.717) is 11.1 Å². The van der Waals surface area contributed by atoms with Gasteiger partial charge in [0.1, 0.15) is 6.10 Å². The van der Waals surface area contributed by atoms with Gasteiger partial charge in [0.2, 0.25) is 0 Å². The number of nitrogens with zero attached hydrogens (tertiary/aromatic N) is 1. The normalized spacial score (nSPS) is 14.4. The predicted octanol–water partition coefficient (Wildman–Crippen LogP) is 1.35. The Morgan fingerprint density at radius 2 is 2.00 bits per heavy atom. The molecule has 2 N–H and O–H groups in total. The van der Waals surface area contributed by atoms with Gasteiger partial charge in [-0.2, -0.15) is 5.26 Å². The molecule has 0 fully saturated rings. The average Bonchev–Trinajstić information content (AvgIpc) is 2.26. The largest absolute Gasteiger partial charge is 0.389 e. The van der Waals surface area contributed by atoms with Gasteiger partial charge in [-0.1, -0.05) is 34.1 Å². The van der Waals surface area contributed by atoms with Crippen molar-refractivity contribution >= 4 is 15.9 Å². The molecule has 4 heteroatoms. The third kappa shape index (κ3) is 2.32. The van der Waals surface area contributed by atoms with E-state index >= 15 is 0 Å². The highest BCUT2D eigenvalue weighted by Crippen LogP contribution is 2.21. The van der Waals surface area contributed by atoms with Crippen LogP contribution < -0.4 is 0 Å². The first-order valence-corrected chi connectivity index (χ1v) is 5.24. The second kappa shape index (κ2) is 5.11. The minimum Gasteiger partial charge on any atom is -0.389 e.